The largest absolute Gasteiger partial charge is 0.487 e. The zero-order valence-electron chi connectivity index (χ0n) is 12.2. The SMILES string of the molecule is CC1CN(CCC#N)c2cc(C(C)(C)C)ccc2O1. The zero-order valence-corrected chi connectivity index (χ0v) is 12.2. The van der Waals surface area contributed by atoms with Crippen molar-refractivity contribution in [1.29, 1.82) is 5.26 Å². The first-order chi connectivity index (χ1) is 8.91. The van der Waals surface area contributed by atoms with Crippen LogP contribution in [0.25, 0.3) is 0 Å². The van der Waals surface area contributed by atoms with Gasteiger partial charge in [0.15, 0.2) is 0 Å². The van der Waals surface area contributed by atoms with Crippen LogP contribution in [0.1, 0.15) is 39.7 Å². The first-order valence-electron chi connectivity index (χ1n) is 6.85. The average Bonchev–Trinajstić information content (AvgIpc) is 2.34. The molecule has 1 aromatic rings. The topological polar surface area (TPSA) is 36.3 Å². The van der Waals surface area contributed by atoms with Crippen molar-refractivity contribution in [3.8, 4) is 11.8 Å². The molecule has 3 nitrogen and oxygen atoms in total. The number of anilines is 1. The van der Waals surface area contributed by atoms with Gasteiger partial charge in [0.05, 0.1) is 24.7 Å². The molecule has 0 bridgehead atoms. The van der Waals surface area contributed by atoms with Crippen LogP contribution in [0.15, 0.2) is 18.2 Å². The van der Waals surface area contributed by atoms with Crippen molar-refractivity contribution in [3.63, 3.8) is 0 Å². The van der Waals surface area contributed by atoms with Crippen LogP contribution in [0.2, 0.25) is 0 Å². The van der Waals surface area contributed by atoms with Crippen LogP contribution in [-0.2, 0) is 5.41 Å². The first-order valence-corrected chi connectivity index (χ1v) is 6.85. The molecular weight excluding hydrogens is 236 g/mol. The second-order valence-electron chi connectivity index (χ2n) is 6.22. The molecule has 0 saturated carbocycles. The number of hydrogen-bond acceptors (Lipinski definition) is 3. The molecule has 0 aromatic heterocycles. The van der Waals surface area contributed by atoms with Gasteiger partial charge in [0.25, 0.3) is 0 Å². The van der Waals surface area contributed by atoms with E-state index in [1.54, 1.807) is 0 Å². The fraction of sp³-hybridized carbons (Fsp3) is 0.562. The minimum absolute atomic E-state index is 0.124. The van der Waals surface area contributed by atoms with E-state index in [0.29, 0.717) is 6.42 Å². The van der Waals surface area contributed by atoms with E-state index >= 15 is 0 Å². The van der Waals surface area contributed by atoms with Gasteiger partial charge in [-0.15, -0.1) is 0 Å². The standard InChI is InChI=1S/C16H22N2O/c1-12-11-18(9-5-8-17)14-10-13(16(2,3)4)6-7-15(14)19-12/h6-7,10,12H,5,9,11H2,1-4H3. The molecule has 0 fully saturated rings. The maximum atomic E-state index is 8.79. The van der Waals surface area contributed by atoms with E-state index in [2.05, 4.69) is 56.9 Å². The Morgan fingerprint density at radius 3 is 2.79 bits per heavy atom. The number of ether oxygens (including phenoxy) is 1. The van der Waals surface area contributed by atoms with Gasteiger partial charge < -0.3 is 9.64 Å². The van der Waals surface area contributed by atoms with Crippen molar-refractivity contribution < 1.29 is 4.74 Å². The van der Waals surface area contributed by atoms with Crippen LogP contribution >= 0.6 is 0 Å². The van der Waals surface area contributed by atoms with Crippen LogP contribution in [0, 0.1) is 11.3 Å². The molecule has 0 spiro atoms. The molecule has 1 aromatic carbocycles. The molecule has 0 saturated heterocycles. The summed E-state index contributed by atoms with van der Waals surface area (Å²) in [5.41, 5.74) is 2.55. The third-order valence-electron chi connectivity index (χ3n) is 3.46. The molecule has 2 rings (SSSR count). The van der Waals surface area contributed by atoms with E-state index in [-0.39, 0.29) is 11.5 Å². The van der Waals surface area contributed by atoms with Gasteiger partial charge in [-0.3, -0.25) is 0 Å². The molecule has 1 unspecified atom stereocenters. The number of rotatable bonds is 2. The predicted molar refractivity (Wildman–Crippen MR) is 77.7 cm³/mol. The van der Waals surface area contributed by atoms with E-state index in [0.717, 1.165) is 24.5 Å². The fourth-order valence-electron chi connectivity index (χ4n) is 2.39. The van der Waals surface area contributed by atoms with Gasteiger partial charge in [-0.1, -0.05) is 26.8 Å². The van der Waals surface area contributed by atoms with Crippen LogP contribution in [0.3, 0.4) is 0 Å². The Balaban J connectivity index is 2.36. The normalized spacial score (nSPS) is 18.5. The number of hydrogen-bond donors (Lipinski definition) is 0. The van der Waals surface area contributed by atoms with Gasteiger partial charge in [-0.2, -0.15) is 5.26 Å². The van der Waals surface area contributed by atoms with Crippen LogP contribution in [0.5, 0.6) is 5.75 Å². The maximum Gasteiger partial charge on any atom is 0.143 e. The van der Waals surface area contributed by atoms with Crippen molar-refractivity contribution in [1.82, 2.24) is 0 Å². The molecule has 1 aliphatic rings. The monoisotopic (exact) mass is 258 g/mol. The van der Waals surface area contributed by atoms with E-state index in [1.807, 2.05) is 0 Å². The highest BCUT2D eigenvalue weighted by Crippen LogP contribution is 2.37. The second-order valence-corrected chi connectivity index (χ2v) is 6.22. The lowest BCUT2D eigenvalue weighted by Gasteiger charge is -2.35. The summed E-state index contributed by atoms with van der Waals surface area (Å²) in [5.74, 6) is 0.935. The van der Waals surface area contributed by atoms with Gasteiger partial charge in [-0.05, 0) is 30.0 Å². The molecular formula is C16H22N2O. The van der Waals surface area contributed by atoms with Gasteiger partial charge in [0.2, 0.25) is 0 Å². The summed E-state index contributed by atoms with van der Waals surface area (Å²) in [6, 6.07) is 8.63. The Hall–Kier alpha value is -1.69. The average molecular weight is 258 g/mol. The van der Waals surface area contributed by atoms with Gasteiger partial charge in [-0.25, -0.2) is 0 Å². The predicted octanol–water partition coefficient (Wildman–Crippen LogP) is 3.49. The third kappa shape index (κ3) is 3.01. The Bertz CT molecular complexity index is 496. The van der Waals surface area contributed by atoms with Crippen LogP contribution < -0.4 is 9.64 Å². The Kier molecular flexibility index (Phi) is 3.71. The van der Waals surface area contributed by atoms with Crippen molar-refractivity contribution in [2.24, 2.45) is 0 Å². The molecule has 1 heterocycles. The quantitative estimate of drug-likeness (QED) is 0.814. The third-order valence-corrected chi connectivity index (χ3v) is 3.46. The second kappa shape index (κ2) is 5.13. The summed E-state index contributed by atoms with van der Waals surface area (Å²) in [6.07, 6.45) is 0.720. The Labute approximate surface area is 115 Å². The number of fused-ring (bicyclic) bond motifs is 1. The zero-order chi connectivity index (χ0) is 14.0. The lowest BCUT2D eigenvalue weighted by molar-refractivity contribution is 0.212. The van der Waals surface area contributed by atoms with E-state index < -0.39 is 0 Å². The summed E-state index contributed by atoms with van der Waals surface area (Å²) < 4.78 is 5.89. The lowest BCUT2D eigenvalue weighted by atomic mass is 9.86. The Morgan fingerprint density at radius 1 is 1.42 bits per heavy atom. The minimum atomic E-state index is 0.124. The molecule has 102 valence electrons. The summed E-state index contributed by atoms with van der Waals surface area (Å²) in [5, 5.41) is 8.79. The highest BCUT2D eigenvalue weighted by molar-refractivity contribution is 5.62. The lowest BCUT2D eigenvalue weighted by Crippen LogP contribution is -2.39. The maximum absolute atomic E-state index is 8.79. The Morgan fingerprint density at radius 2 is 2.16 bits per heavy atom. The van der Waals surface area contributed by atoms with E-state index in [1.165, 1.54) is 5.56 Å². The summed E-state index contributed by atoms with van der Waals surface area (Å²) in [4.78, 5) is 2.27. The van der Waals surface area contributed by atoms with Gasteiger partial charge >= 0.3 is 0 Å². The number of benzene rings is 1. The number of nitriles is 1. The fourth-order valence-corrected chi connectivity index (χ4v) is 2.39. The van der Waals surface area contributed by atoms with E-state index in [9.17, 15) is 0 Å². The summed E-state index contributed by atoms with van der Waals surface area (Å²) >= 11 is 0. The molecule has 1 atom stereocenters. The molecule has 19 heavy (non-hydrogen) atoms. The van der Waals surface area contributed by atoms with Crippen molar-refractivity contribution in [2.75, 3.05) is 18.0 Å². The molecule has 3 heteroatoms. The van der Waals surface area contributed by atoms with Crippen LogP contribution in [-0.4, -0.2) is 19.2 Å². The highest BCUT2D eigenvalue weighted by Gasteiger charge is 2.24. The smallest absolute Gasteiger partial charge is 0.143 e. The van der Waals surface area contributed by atoms with Crippen molar-refractivity contribution in [3.05, 3.63) is 23.8 Å². The molecule has 0 radical (unpaired) electrons. The van der Waals surface area contributed by atoms with Gasteiger partial charge in [0, 0.05) is 6.54 Å². The van der Waals surface area contributed by atoms with Crippen molar-refractivity contribution in [2.45, 2.75) is 45.6 Å². The number of nitrogens with zero attached hydrogens (tertiary/aromatic N) is 2. The molecule has 0 N–H and O–H groups in total. The summed E-state index contributed by atoms with van der Waals surface area (Å²) in [7, 11) is 0. The van der Waals surface area contributed by atoms with Crippen LogP contribution in [0.4, 0.5) is 5.69 Å². The summed E-state index contributed by atoms with van der Waals surface area (Å²) in [6.45, 7) is 10.3. The molecule has 0 aliphatic carbocycles. The minimum Gasteiger partial charge on any atom is -0.487 e. The molecule has 0 amide bonds. The highest BCUT2D eigenvalue weighted by atomic mass is 16.5. The van der Waals surface area contributed by atoms with E-state index in [4.69, 9.17) is 10.00 Å². The molecule has 1 aliphatic heterocycles. The van der Waals surface area contributed by atoms with Gasteiger partial charge in [0.1, 0.15) is 11.9 Å². The van der Waals surface area contributed by atoms with Crippen molar-refractivity contribution >= 4 is 5.69 Å². The first kappa shape index (κ1) is 13.7.